The van der Waals surface area contributed by atoms with Crippen LogP contribution in [0.15, 0.2) is 45.3 Å². The van der Waals surface area contributed by atoms with E-state index in [9.17, 15) is 4.39 Å². The largest absolute Gasteiger partial charge is 0.436 e. The van der Waals surface area contributed by atoms with Crippen LogP contribution in [0.2, 0.25) is 0 Å². The number of oxazole rings is 1. The molecule has 2 N–H and O–H groups in total. The van der Waals surface area contributed by atoms with Crippen molar-refractivity contribution in [3.05, 3.63) is 46.7 Å². The summed E-state index contributed by atoms with van der Waals surface area (Å²) in [5, 5.41) is 0. The van der Waals surface area contributed by atoms with E-state index < -0.39 is 0 Å². The summed E-state index contributed by atoms with van der Waals surface area (Å²) in [6.45, 7) is 0. The monoisotopic (exact) mass is 306 g/mol. The van der Waals surface area contributed by atoms with Gasteiger partial charge in [-0.15, -0.1) is 0 Å². The summed E-state index contributed by atoms with van der Waals surface area (Å²) in [6.07, 6.45) is 0. The number of hydrogen-bond donors (Lipinski definition) is 1. The second-order valence-electron chi connectivity index (χ2n) is 3.84. The Morgan fingerprint density at radius 1 is 1.22 bits per heavy atom. The summed E-state index contributed by atoms with van der Waals surface area (Å²) in [5.41, 5.74) is 7.76. The van der Waals surface area contributed by atoms with Crippen molar-refractivity contribution >= 4 is 32.7 Å². The predicted octanol–water partition coefficient (Wildman–Crippen LogP) is 3.98. The number of benzene rings is 2. The minimum Gasteiger partial charge on any atom is -0.436 e. The van der Waals surface area contributed by atoms with Gasteiger partial charge in [0.15, 0.2) is 5.58 Å². The van der Waals surface area contributed by atoms with E-state index in [2.05, 4.69) is 20.9 Å². The van der Waals surface area contributed by atoms with E-state index in [0.717, 1.165) is 0 Å². The highest BCUT2D eigenvalue weighted by Crippen LogP contribution is 2.32. The highest BCUT2D eigenvalue weighted by molar-refractivity contribution is 9.10. The van der Waals surface area contributed by atoms with Crippen molar-refractivity contribution in [3.8, 4) is 11.5 Å². The maximum Gasteiger partial charge on any atom is 0.231 e. The number of nitrogens with zero attached hydrogens (tertiary/aromatic N) is 1. The molecule has 18 heavy (non-hydrogen) atoms. The lowest BCUT2D eigenvalue weighted by atomic mass is 10.2. The van der Waals surface area contributed by atoms with Crippen molar-refractivity contribution in [2.24, 2.45) is 0 Å². The van der Waals surface area contributed by atoms with E-state index in [0.29, 0.717) is 26.8 Å². The molecular formula is C13H8BrFN2O. The maximum absolute atomic E-state index is 13.8. The molecule has 0 saturated heterocycles. The van der Waals surface area contributed by atoms with Crippen LogP contribution in [0, 0.1) is 5.82 Å². The second-order valence-corrected chi connectivity index (χ2v) is 4.70. The van der Waals surface area contributed by atoms with Crippen LogP contribution >= 0.6 is 15.9 Å². The van der Waals surface area contributed by atoms with Gasteiger partial charge in [0.05, 0.1) is 5.56 Å². The first-order valence-electron chi connectivity index (χ1n) is 5.25. The molecule has 1 heterocycles. The molecule has 0 amide bonds. The fourth-order valence-electron chi connectivity index (χ4n) is 1.75. The van der Waals surface area contributed by atoms with Gasteiger partial charge in [0.1, 0.15) is 11.3 Å². The number of nitrogen functional groups attached to an aromatic ring is 1. The fraction of sp³-hybridized carbons (Fsp3) is 0. The average Bonchev–Trinajstić information content (AvgIpc) is 2.71. The van der Waals surface area contributed by atoms with E-state index in [4.69, 9.17) is 10.2 Å². The third-order valence-electron chi connectivity index (χ3n) is 2.59. The Bertz CT molecular complexity index is 719. The Morgan fingerprint density at radius 3 is 2.83 bits per heavy atom. The van der Waals surface area contributed by atoms with E-state index in [1.807, 2.05) is 0 Å². The zero-order valence-corrected chi connectivity index (χ0v) is 10.7. The molecular weight excluding hydrogens is 299 g/mol. The van der Waals surface area contributed by atoms with Crippen LogP contribution in [0.3, 0.4) is 0 Å². The molecule has 0 aliphatic carbocycles. The van der Waals surface area contributed by atoms with Crippen molar-refractivity contribution in [2.75, 3.05) is 5.73 Å². The van der Waals surface area contributed by atoms with Gasteiger partial charge in [0.25, 0.3) is 0 Å². The van der Waals surface area contributed by atoms with E-state index in [-0.39, 0.29) is 11.7 Å². The van der Waals surface area contributed by atoms with Gasteiger partial charge in [-0.1, -0.05) is 6.07 Å². The van der Waals surface area contributed by atoms with Crippen LogP contribution in [0.1, 0.15) is 0 Å². The smallest absolute Gasteiger partial charge is 0.231 e. The van der Waals surface area contributed by atoms with Crippen LogP contribution in [0.5, 0.6) is 0 Å². The van der Waals surface area contributed by atoms with Gasteiger partial charge >= 0.3 is 0 Å². The first-order valence-corrected chi connectivity index (χ1v) is 6.05. The topological polar surface area (TPSA) is 52.0 Å². The summed E-state index contributed by atoms with van der Waals surface area (Å²) in [7, 11) is 0. The number of nitrogens with two attached hydrogens (primary N) is 1. The van der Waals surface area contributed by atoms with Crippen molar-refractivity contribution in [1.82, 2.24) is 4.98 Å². The molecule has 3 aromatic rings. The number of rotatable bonds is 1. The van der Waals surface area contributed by atoms with Crippen molar-refractivity contribution in [2.45, 2.75) is 0 Å². The van der Waals surface area contributed by atoms with Gasteiger partial charge in [-0.25, -0.2) is 9.37 Å². The van der Waals surface area contributed by atoms with Crippen LogP contribution in [0.25, 0.3) is 22.6 Å². The number of anilines is 1. The second kappa shape index (κ2) is 4.10. The zero-order valence-electron chi connectivity index (χ0n) is 9.15. The highest BCUT2D eigenvalue weighted by Gasteiger charge is 2.15. The lowest BCUT2D eigenvalue weighted by Gasteiger charge is -2.00. The summed E-state index contributed by atoms with van der Waals surface area (Å²) < 4.78 is 19.9. The first kappa shape index (κ1) is 11.2. The van der Waals surface area contributed by atoms with Gasteiger partial charge < -0.3 is 10.2 Å². The van der Waals surface area contributed by atoms with Gasteiger partial charge in [0, 0.05) is 10.2 Å². The van der Waals surface area contributed by atoms with E-state index in [1.54, 1.807) is 30.3 Å². The third-order valence-corrected chi connectivity index (χ3v) is 3.25. The third kappa shape index (κ3) is 1.76. The summed E-state index contributed by atoms with van der Waals surface area (Å²) in [6, 6.07) is 9.84. The molecule has 0 unspecified atom stereocenters. The molecule has 0 radical (unpaired) electrons. The summed E-state index contributed by atoms with van der Waals surface area (Å²) in [5.74, 6) is -0.149. The number of halogens is 2. The molecule has 0 aliphatic rings. The Morgan fingerprint density at radius 2 is 2.06 bits per heavy atom. The minimum atomic E-state index is -0.385. The van der Waals surface area contributed by atoms with Crippen LogP contribution in [-0.2, 0) is 0 Å². The standard InChI is InChI=1S/C13H8BrFN2O/c14-8-2-1-3-9(15)12(8)13-17-10-6-7(16)4-5-11(10)18-13/h1-6H,16H2. The number of fused-ring (bicyclic) bond motifs is 1. The molecule has 0 spiro atoms. The molecule has 1 aromatic heterocycles. The van der Waals surface area contributed by atoms with Gasteiger partial charge in [-0.05, 0) is 46.3 Å². The molecule has 0 saturated carbocycles. The Hall–Kier alpha value is -1.88. The maximum atomic E-state index is 13.8. The molecule has 2 aromatic carbocycles. The quantitative estimate of drug-likeness (QED) is 0.692. The van der Waals surface area contributed by atoms with Gasteiger partial charge in [-0.3, -0.25) is 0 Å². The van der Waals surface area contributed by atoms with E-state index in [1.165, 1.54) is 6.07 Å². The van der Waals surface area contributed by atoms with Gasteiger partial charge in [-0.2, -0.15) is 0 Å². The summed E-state index contributed by atoms with van der Waals surface area (Å²) >= 11 is 3.29. The molecule has 0 fully saturated rings. The fourth-order valence-corrected chi connectivity index (χ4v) is 2.27. The minimum absolute atomic E-state index is 0.237. The SMILES string of the molecule is Nc1ccc2oc(-c3c(F)cccc3Br)nc2c1. The highest BCUT2D eigenvalue weighted by atomic mass is 79.9. The number of hydrogen-bond acceptors (Lipinski definition) is 3. The van der Waals surface area contributed by atoms with Gasteiger partial charge in [0.2, 0.25) is 5.89 Å². The normalized spacial score (nSPS) is 11.0. The first-order chi connectivity index (χ1) is 8.65. The molecule has 5 heteroatoms. The molecule has 0 atom stereocenters. The molecule has 90 valence electrons. The molecule has 0 bridgehead atoms. The van der Waals surface area contributed by atoms with Crippen LogP contribution in [0.4, 0.5) is 10.1 Å². The zero-order chi connectivity index (χ0) is 12.7. The Labute approximate surface area is 111 Å². The molecule has 0 aliphatic heterocycles. The Balaban J connectivity index is 2.26. The van der Waals surface area contributed by atoms with E-state index >= 15 is 0 Å². The number of aromatic nitrogens is 1. The molecule has 3 nitrogen and oxygen atoms in total. The molecule has 3 rings (SSSR count). The lowest BCUT2D eigenvalue weighted by molar-refractivity contribution is 0.592. The summed E-state index contributed by atoms with van der Waals surface area (Å²) in [4.78, 5) is 4.25. The van der Waals surface area contributed by atoms with Crippen molar-refractivity contribution in [3.63, 3.8) is 0 Å². The average molecular weight is 307 g/mol. The van der Waals surface area contributed by atoms with Crippen LogP contribution < -0.4 is 5.73 Å². The predicted molar refractivity (Wildman–Crippen MR) is 71.5 cm³/mol. The van der Waals surface area contributed by atoms with Crippen molar-refractivity contribution in [1.29, 1.82) is 0 Å². The van der Waals surface area contributed by atoms with Crippen molar-refractivity contribution < 1.29 is 8.81 Å². The lowest BCUT2D eigenvalue weighted by Crippen LogP contribution is -1.85. The van der Waals surface area contributed by atoms with Crippen LogP contribution in [-0.4, -0.2) is 4.98 Å². The Kier molecular flexibility index (Phi) is 2.56.